The van der Waals surface area contributed by atoms with Gasteiger partial charge in [-0.25, -0.2) is 4.98 Å². The molecule has 1 aromatic heterocycles. The molecule has 1 heterocycles. The fraction of sp³-hybridized carbons (Fsp3) is 0.692. The van der Waals surface area contributed by atoms with Crippen LogP contribution in [0, 0.1) is 5.92 Å². The summed E-state index contributed by atoms with van der Waals surface area (Å²) in [5.74, 6) is 0.279. The van der Waals surface area contributed by atoms with Crippen LogP contribution < -0.4 is 16.4 Å². The van der Waals surface area contributed by atoms with E-state index in [9.17, 15) is 4.79 Å². The number of nitrogens with two attached hydrogens (primary N) is 1. The first-order valence-electron chi connectivity index (χ1n) is 7.00. The van der Waals surface area contributed by atoms with Crippen molar-refractivity contribution in [1.82, 2.24) is 10.3 Å². The lowest BCUT2D eigenvalue weighted by atomic mass is 10.0. The molecule has 1 aromatic rings. The van der Waals surface area contributed by atoms with E-state index in [-0.39, 0.29) is 24.2 Å². The molecular formula is C13H24N4O3S. The molecular weight excluding hydrogens is 292 g/mol. The van der Waals surface area contributed by atoms with Crippen LogP contribution in [0.2, 0.25) is 0 Å². The van der Waals surface area contributed by atoms with Crippen molar-refractivity contribution < 1.29 is 14.6 Å². The zero-order valence-corrected chi connectivity index (χ0v) is 13.3. The lowest BCUT2D eigenvalue weighted by Crippen LogP contribution is -2.29. The fourth-order valence-corrected chi connectivity index (χ4v) is 2.61. The highest BCUT2D eigenvalue weighted by atomic mass is 32.1. The van der Waals surface area contributed by atoms with Gasteiger partial charge in [-0.3, -0.25) is 4.79 Å². The van der Waals surface area contributed by atoms with Gasteiger partial charge in [0.25, 0.3) is 5.91 Å². The lowest BCUT2D eigenvalue weighted by molar-refractivity contribution is 0.0948. The lowest BCUT2D eigenvalue weighted by Gasteiger charge is -2.13. The molecule has 1 atom stereocenters. The van der Waals surface area contributed by atoms with E-state index in [1.54, 1.807) is 7.11 Å². The predicted molar refractivity (Wildman–Crippen MR) is 84.7 cm³/mol. The van der Waals surface area contributed by atoms with Gasteiger partial charge in [-0.2, -0.15) is 0 Å². The van der Waals surface area contributed by atoms with E-state index in [2.05, 4.69) is 15.6 Å². The highest BCUT2D eigenvalue weighted by Gasteiger charge is 2.17. The molecule has 0 aliphatic heterocycles. The quantitative estimate of drug-likeness (QED) is 0.478. The maximum Gasteiger partial charge on any atom is 0.265 e. The Morgan fingerprint density at radius 3 is 2.95 bits per heavy atom. The number of nitrogens with zero attached hydrogens (tertiary/aromatic N) is 1. The summed E-state index contributed by atoms with van der Waals surface area (Å²) in [5.41, 5.74) is 5.77. The topological polar surface area (TPSA) is 110 Å². The van der Waals surface area contributed by atoms with Gasteiger partial charge in [0, 0.05) is 26.8 Å². The number of anilines is 2. The summed E-state index contributed by atoms with van der Waals surface area (Å²) in [5, 5.41) is 15.4. The second-order valence-corrected chi connectivity index (χ2v) is 5.65. The monoisotopic (exact) mass is 316 g/mol. The number of methoxy groups -OCH3 is 1. The molecule has 8 heteroatoms. The normalized spacial score (nSPS) is 12.1. The molecule has 0 spiro atoms. The Morgan fingerprint density at radius 2 is 2.33 bits per heavy atom. The second-order valence-electron chi connectivity index (χ2n) is 4.65. The Bertz CT molecular complexity index is 439. The standard InChI is InChI=1S/C13H24N4O3S/c1-3-9(4-6-18)8-16-12(19)10-11(14)17-13(21-10)15-5-7-20-2/h9,18H,3-8,14H2,1-2H3,(H,15,17)(H,16,19). The third-order valence-corrected chi connectivity index (χ3v) is 4.14. The van der Waals surface area contributed by atoms with Gasteiger partial charge < -0.3 is 26.2 Å². The zero-order chi connectivity index (χ0) is 15.7. The summed E-state index contributed by atoms with van der Waals surface area (Å²) in [7, 11) is 1.62. The zero-order valence-electron chi connectivity index (χ0n) is 12.5. The number of hydrogen-bond donors (Lipinski definition) is 4. The summed E-state index contributed by atoms with van der Waals surface area (Å²) in [6.07, 6.45) is 1.58. The smallest absolute Gasteiger partial charge is 0.265 e. The van der Waals surface area contributed by atoms with Crippen molar-refractivity contribution in [3.63, 3.8) is 0 Å². The van der Waals surface area contributed by atoms with Crippen LogP contribution in [0.5, 0.6) is 0 Å². The molecule has 0 aliphatic carbocycles. The Morgan fingerprint density at radius 1 is 1.57 bits per heavy atom. The van der Waals surface area contributed by atoms with Crippen LogP contribution >= 0.6 is 11.3 Å². The largest absolute Gasteiger partial charge is 0.396 e. The number of nitrogen functional groups attached to an aromatic ring is 1. The third-order valence-electron chi connectivity index (χ3n) is 3.11. The number of aliphatic hydroxyl groups excluding tert-OH is 1. The van der Waals surface area contributed by atoms with Crippen molar-refractivity contribution in [2.75, 3.05) is 44.5 Å². The van der Waals surface area contributed by atoms with Crippen LogP contribution in [0.4, 0.5) is 10.9 Å². The second kappa shape index (κ2) is 9.54. The van der Waals surface area contributed by atoms with Crippen LogP contribution in [0.3, 0.4) is 0 Å². The number of carbonyl (C=O) groups excluding carboxylic acids is 1. The molecule has 0 bridgehead atoms. The molecule has 0 saturated carbocycles. The van der Waals surface area contributed by atoms with Crippen LogP contribution in [0.25, 0.3) is 0 Å². The minimum atomic E-state index is -0.221. The van der Waals surface area contributed by atoms with Gasteiger partial charge in [-0.05, 0) is 12.3 Å². The third kappa shape index (κ3) is 5.86. The summed E-state index contributed by atoms with van der Waals surface area (Å²) in [6, 6.07) is 0. The van der Waals surface area contributed by atoms with E-state index in [4.69, 9.17) is 15.6 Å². The fourth-order valence-electron chi connectivity index (χ4n) is 1.78. The first-order chi connectivity index (χ1) is 10.1. The number of nitrogens with one attached hydrogen (secondary N) is 2. The maximum atomic E-state index is 12.1. The summed E-state index contributed by atoms with van der Waals surface area (Å²) < 4.78 is 4.93. The Balaban J connectivity index is 2.53. The molecule has 0 radical (unpaired) electrons. The van der Waals surface area contributed by atoms with Gasteiger partial charge in [-0.1, -0.05) is 24.7 Å². The van der Waals surface area contributed by atoms with Gasteiger partial charge in [0.1, 0.15) is 10.7 Å². The number of carbonyl (C=O) groups is 1. The Hall–Kier alpha value is -1.38. The molecule has 7 nitrogen and oxygen atoms in total. The van der Waals surface area contributed by atoms with Gasteiger partial charge in [-0.15, -0.1) is 0 Å². The minimum absolute atomic E-state index is 0.130. The van der Waals surface area contributed by atoms with Crippen molar-refractivity contribution in [2.24, 2.45) is 5.92 Å². The molecule has 1 amide bonds. The summed E-state index contributed by atoms with van der Waals surface area (Å²) >= 11 is 1.23. The van der Waals surface area contributed by atoms with E-state index < -0.39 is 0 Å². The number of aromatic nitrogens is 1. The van der Waals surface area contributed by atoms with Gasteiger partial charge in [0.05, 0.1) is 6.61 Å². The average Bonchev–Trinajstić information content (AvgIpc) is 2.84. The van der Waals surface area contributed by atoms with Crippen molar-refractivity contribution in [2.45, 2.75) is 19.8 Å². The van der Waals surface area contributed by atoms with E-state index in [1.165, 1.54) is 11.3 Å². The van der Waals surface area contributed by atoms with Crippen molar-refractivity contribution in [3.05, 3.63) is 4.88 Å². The summed E-state index contributed by atoms with van der Waals surface area (Å²) in [6.45, 7) is 3.86. The highest BCUT2D eigenvalue weighted by molar-refractivity contribution is 7.18. The SMILES string of the molecule is CCC(CCO)CNC(=O)c1sc(NCCOC)nc1N. The Kier molecular flexibility index (Phi) is 8.03. The molecule has 21 heavy (non-hydrogen) atoms. The van der Waals surface area contributed by atoms with Crippen LogP contribution in [0.15, 0.2) is 0 Å². The van der Waals surface area contributed by atoms with E-state index in [1.807, 2.05) is 6.92 Å². The van der Waals surface area contributed by atoms with E-state index in [0.717, 1.165) is 6.42 Å². The first-order valence-corrected chi connectivity index (χ1v) is 7.82. The molecule has 0 aromatic carbocycles. The first kappa shape index (κ1) is 17.7. The van der Waals surface area contributed by atoms with Crippen LogP contribution in [0.1, 0.15) is 29.4 Å². The maximum absolute atomic E-state index is 12.1. The molecule has 0 saturated heterocycles. The van der Waals surface area contributed by atoms with Crippen molar-refractivity contribution >= 4 is 28.2 Å². The van der Waals surface area contributed by atoms with Crippen molar-refractivity contribution in [1.29, 1.82) is 0 Å². The van der Waals surface area contributed by atoms with Crippen LogP contribution in [-0.4, -0.2) is 49.4 Å². The number of aliphatic hydroxyl groups is 1. The van der Waals surface area contributed by atoms with Gasteiger partial charge in [0.2, 0.25) is 0 Å². The van der Waals surface area contributed by atoms with Crippen molar-refractivity contribution in [3.8, 4) is 0 Å². The molecule has 0 aliphatic rings. The molecule has 0 fully saturated rings. The van der Waals surface area contributed by atoms with Gasteiger partial charge >= 0.3 is 0 Å². The highest BCUT2D eigenvalue weighted by Crippen LogP contribution is 2.24. The number of thiazole rings is 1. The number of rotatable bonds is 10. The number of hydrogen-bond acceptors (Lipinski definition) is 7. The molecule has 120 valence electrons. The Labute approximate surface area is 128 Å². The molecule has 5 N–H and O–H groups in total. The molecule has 1 unspecified atom stereocenters. The number of ether oxygens (including phenoxy) is 1. The minimum Gasteiger partial charge on any atom is -0.396 e. The van der Waals surface area contributed by atoms with Crippen LogP contribution in [-0.2, 0) is 4.74 Å². The number of amides is 1. The average molecular weight is 316 g/mol. The summed E-state index contributed by atoms with van der Waals surface area (Å²) in [4.78, 5) is 16.6. The molecule has 1 rings (SSSR count). The van der Waals surface area contributed by atoms with E-state index in [0.29, 0.717) is 36.1 Å². The van der Waals surface area contributed by atoms with Gasteiger partial charge in [0.15, 0.2) is 5.13 Å². The predicted octanol–water partition coefficient (Wildman–Crippen LogP) is 0.922. The van der Waals surface area contributed by atoms with E-state index >= 15 is 0 Å².